The van der Waals surface area contributed by atoms with Gasteiger partial charge in [-0.05, 0) is 31.6 Å². The predicted molar refractivity (Wildman–Crippen MR) is 75.9 cm³/mol. The van der Waals surface area contributed by atoms with Gasteiger partial charge in [-0.1, -0.05) is 24.9 Å². The molecule has 0 aliphatic heterocycles. The first kappa shape index (κ1) is 13.1. The number of aromatic nitrogens is 4. The van der Waals surface area contributed by atoms with Crippen LogP contribution in [0, 0.1) is 5.92 Å². The van der Waals surface area contributed by atoms with Crippen LogP contribution in [0.15, 0.2) is 10.7 Å². The molecule has 0 bridgehead atoms. The monoisotopic (exact) mass is 275 g/mol. The summed E-state index contributed by atoms with van der Waals surface area (Å²) in [6, 6.07) is 0. The number of nitrogen functional groups attached to an aromatic ring is 1. The molecule has 1 fully saturated rings. The lowest BCUT2D eigenvalue weighted by Crippen LogP contribution is -2.14. The molecule has 3 N–H and O–H groups in total. The maximum Gasteiger partial charge on any atom is 0.263 e. The van der Waals surface area contributed by atoms with Crippen LogP contribution in [0.2, 0.25) is 0 Å². The number of rotatable bonds is 4. The van der Waals surface area contributed by atoms with Crippen molar-refractivity contribution in [3.63, 3.8) is 0 Å². The van der Waals surface area contributed by atoms with Gasteiger partial charge in [-0.15, -0.1) is 0 Å². The van der Waals surface area contributed by atoms with E-state index in [1.165, 1.54) is 25.7 Å². The molecule has 1 saturated carbocycles. The number of nitrogens with one attached hydrogen (secondary N) is 1. The Hall–Kier alpha value is -1.85. The number of hydrogen-bond donors (Lipinski definition) is 2. The maximum atomic E-state index is 5.77. The molecule has 3 rings (SSSR count). The lowest BCUT2D eigenvalue weighted by Gasteiger charge is -2.26. The fourth-order valence-corrected chi connectivity index (χ4v) is 3.09. The fourth-order valence-electron chi connectivity index (χ4n) is 3.09. The van der Waals surface area contributed by atoms with E-state index in [1.54, 1.807) is 6.20 Å². The Kier molecular flexibility index (Phi) is 3.71. The van der Waals surface area contributed by atoms with Crippen molar-refractivity contribution in [2.75, 3.05) is 5.73 Å². The van der Waals surface area contributed by atoms with Gasteiger partial charge in [-0.25, -0.2) is 0 Å². The summed E-state index contributed by atoms with van der Waals surface area (Å²) in [5, 5.41) is 10.7. The van der Waals surface area contributed by atoms with Gasteiger partial charge in [-0.3, -0.25) is 5.10 Å². The Morgan fingerprint density at radius 3 is 2.80 bits per heavy atom. The Morgan fingerprint density at radius 1 is 1.35 bits per heavy atom. The second kappa shape index (κ2) is 5.64. The van der Waals surface area contributed by atoms with Crippen molar-refractivity contribution in [1.29, 1.82) is 0 Å². The fraction of sp³-hybridized carbons (Fsp3) is 0.643. The maximum absolute atomic E-state index is 5.77. The van der Waals surface area contributed by atoms with Crippen LogP contribution >= 0.6 is 0 Å². The van der Waals surface area contributed by atoms with E-state index in [4.69, 9.17) is 10.3 Å². The van der Waals surface area contributed by atoms with Crippen molar-refractivity contribution in [2.24, 2.45) is 5.92 Å². The van der Waals surface area contributed by atoms with E-state index in [2.05, 4.69) is 27.3 Å². The summed E-state index contributed by atoms with van der Waals surface area (Å²) in [5.74, 6) is 3.05. The van der Waals surface area contributed by atoms with Crippen LogP contribution in [-0.4, -0.2) is 20.3 Å². The molecule has 0 amide bonds. The number of H-pyrrole nitrogens is 1. The Bertz CT molecular complexity index is 553. The van der Waals surface area contributed by atoms with Crippen LogP contribution in [0.4, 0.5) is 5.82 Å². The minimum atomic E-state index is 0.425. The highest BCUT2D eigenvalue weighted by Crippen LogP contribution is 2.37. The number of nitrogens with zero attached hydrogens (tertiary/aromatic N) is 3. The largest absolute Gasteiger partial charge is 0.383 e. The standard InChI is InChI=1S/C14H21N5O/c1-2-3-9-4-6-10(7-5-9)13-17-14(20-19-13)11-8-16-18-12(11)15/h8-10H,2-7H2,1H3,(H3,15,16,18). The van der Waals surface area contributed by atoms with Crippen LogP contribution in [0.25, 0.3) is 11.5 Å². The number of anilines is 1. The van der Waals surface area contributed by atoms with Crippen molar-refractivity contribution in [3.8, 4) is 11.5 Å². The van der Waals surface area contributed by atoms with Gasteiger partial charge in [0.15, 0.2) is 5.82 Å². The van der Waals surface area contributed by atoms with Gasteiger partial charge in [0.2, 0.25) is 0 Å². The minimum Gasteiger partial charge on any atom is -0.383 e. The summed E-state index contributed by atoms with van der Waals surface area (Å²) in [6.45, 7) is 2.26. The molecule has 6 heteroatoms. The summed E-state index contributed by atoms with van der Waals surface area (Å²) < 4.78 is 5.32. The Morgan fingerprint density at radius 2 is 2.15 bits per heavy atom. The third kappa shape index (κ3) is 2.55. The zero-order valence-corrected chi connectivity index (χ0v) is 11.8. The van der Waals surface area contributed by atoms with Gasteiger partial charge in [0, 0.05) is 5.92 Å². The average molecular weight is 275 g/mol. The third-order valence-corrected chi connectivity index (χ3v) is 4.25. The molecule has 0 atom stereocenters. The van der Waals surface area contributed by atoms with Gasteiger partial charge in [0.05, 0.1) is 6.20 Å². The zero-order chi connectivity index (χ0) is 13.9. The molecule has 0 unspecified atom stereocenters. The number of hydrogen-bond acceptors (Lipinski definition) is 5. The Balaban J connectivity index is 1.68. The first-order valence-corrected chi connectivity index (χ1v) is 7.40. The molecule has 2 aromatic rings. The van der Waals surface area contributed by atoms with E-state index in [1.807, 2.05) is 0 Å². The van der Waals surface area contributed by atoms with Crippen LogP contribution in [0.3, 0.4) is 0 Å². The van der Waals surface area contributed by atoms with Crippen molar-refractivity contribution in [2.45, 2.75) is 51.4 Å². The summed E-state index contributed by atoms with van der Waals surface area (Å²) >= 11 is 0. The van der Waals surface area contributed by atoms with Crippen LogP contribution < -0.4 is 5.73 Å². The third-order valence-electron chi connectivity index (χ3n) is 4.25. The summed E-state index contributed by atoms with van der Waals surface area (Å²) in [6.07, 6.45) is 9.10. The van der Waals surface area contributed by atoms with Gasteiger partial charge in [0.1, 0.15) is 11.4 Å². The van der Waals surface area contributed by atoms with Crippen LogP contribution in [-0.2, 0) is 0 Å². The van der Waals surface area contributed by atoms with Crippen LogP contribution in [0.1, 0.15) is 57.2 Å². The molecule has 1 aliphatic rings. The SMILES string of the molecule is CCCC1CCC(c2noc(-c3cn[nH]c3N)n2)CC1. The van der Waals surface area contributed by atoms with E-state index >= 15 is 0 Å². The normalized spacial score (nSPS) is 23.1. The lowest BCUT2D eigenvalue weighted by molar-refractivity contribution is 0.296. The molecule has 2 aromatic heterocycles. The predicted octanol–water partition coefficient (Wildman–Crippen LogP) is 3.12. The van der Waals surface area contributed by atoms with E-state index in [-0.39, 0.29) is 0 Å². The molecule has 1 aliphatic carbocycles. The lowest BCUT2D eigenvalue weighted by atomic mass is 9.80. The first-order chi connectivity index (χ1) is 9.78. The molecule has 0 radical (unpaired) electrons. The second-order valence-electron chi connectivity index (χ2n) is 5.66. The van der Waals surface area contributed by atoms with Gasteiger partial charge in [-0.2, -0.15) is 10.1 Å². The average Bonchev–Trinajstić information content (AvgIpc) is 3.08. The van der Waals surface area contributed by atoms with Crippen LogP contribution in [0.5, 0.6) is 0 Å². The molecule has 6 nitrogen and oxygen atoms in total. The number of nitrogens with two attached hydrogens (primary N) is 1. The second-order valence-corrected chi connectivity index (χ2v) is 5.66. The highest BCUT2D eigenvalue weighted by atomic mass is 16.5. The highest BCUT2D eigenvalue weighted by Gasteiger charge is 2.26. The summed E-state index contributed by atoms with van der Waals surface area (Å²) in [4.78, 5) is 4.49. The summed E-state index contributed by atoms with van der Waals surface area (Å²) in [5.41, 5.74) is 6.45. The highest BCUT2D eigenvalue weighted by molar-refractivity contribution is 5.65. The molecule has 0 saturated heterocycles. The molecular weight excluding hydrogens is 254 g/mol. The van der Waals surface area contributed by atoms with Gasteiger partial charge < -0.3 is 10.3 Å². The molecular formula is C14H21N5O. The van der Waals surface area contributed by atoms with Crippen molar-refractivity contribution in [3.05, 3.63) is 12.0 Å². The van der Waals surface area contributed by atoms with Crippen molar-refractivity contribution in [1.82, 2.24) is 20.3 Å². The molecule has 2 heterocycles. The topological polar surface area (TPSA) is 93.6 Å². The summed E-state index contributed by atoms with van der Waals surface area (Å²) in [7, 11) is 0. The van der Waals surface area contributed by atoms with Crippen molar-refractivity contribution >= 4 is 5.82 Å². The van der Waals surface area contributed by atoms with E-state index < -0.39 is 0 Å². The molecule has 20 heavy (non-hydrogen) atoms. The number of aromatic amines is 1. The van der Waals surface area contributed by atoms with E-state index in [9.17, 15) is 0 Å². The van der Waals surface area contributed by atoms with E-state index in [0.717, 1.165) is 24.6 Å². The Labute approximate surface area is 118 Å². The van der Waals surface area contributed by atoms with E-state index in [0.29, 0.717) is 23.2 Å². The first-order valence-electron chi connectivity index (χ1n) is 7.40. The zero-order valence-electron chi connectivity index (χ0n) is 11.8. The molecule has 0 spiro atoms. The quantitative estimate of drug-likeness (QED) is 0.894. The smallest absolute Gasteiger partial charge is 0.263 e. The molecule has 0 aromatic carbocycles. The minimum absolute atomic E-state index is 0.425. The van der Waals surface area contributed by atoms with Crippen molar-refractivity contribution < 1.29 is 4.52 Å². The van der Waals surface area contributed by atoms with Gasteiger partial charge >= 0.3 is 0 Å². The van der Waals surface area contributed by atoms with Gasteiger partial charge in [0.25, 0.3) is 5.89 Å². The molecule has 108 valence electrons.